The molecule has 0 saturated heterocycles. The van der Waals surface area contributed by atoms with E-state index < -0.39 is 0 Å². The lowest BCUT2D eigenvalue weighted by Crippen LogP contribution is -2.24. The minimum atomic E-state index is -0.214. The molecule has 0 fully saturated rings. The molecule has 1 aliphatic heterocycles. The van der Waals surface area contributed by atoms with Gasteiger partial charge in [-0.1, -0.05) is 25.9 Å². The molecule has 1 heterocycles. The Balaban J connectivity index is 2.60. The van der Waals surface area contributed by atoms with Gasteiger partial charge in [0.1, 0.15) is 0 Å². The Morgan fingerprint density at radius 1 is 1.60 bits per heavy atom. The number of nitrogens with zero attached hydrogens (tertiary/aromatic N) is 1. The van der Waals surface area contributed by atoms with Gasteiger partial charge in [0.2, 0.25) is 0 Å². The van der Waals surface area contributed by atoms with E-state index in [1.807, 2.05) is 0 Å². The average molecular weight is 142 g/mol. The molecule has 0 aromatic heterocycles. The first kappa shape index (κ1) is 7.54. The first-order chi connectivity index (χ1) is 4.50. The van der Waals surface area contributed by atoms with Crippen LogP contribution < -0.4 is 5.73 Å². The van der Waals surface area contributed by atoms with E-state index >= 15 is 0 Å². The van der Waals surface area contributed by atoms with Crippen LogP contribution >= 0.6 is 0 Å². The Morgan fingerprint density at radius 2 is 2.20 bits per heavy atom. The second-order valence-electron chi connectivity index (χ2n) is 3.64. The Kier molecular flexibility index (Phi) is 1.68. The molecule has 0 aromatic rings. The summed E-state index contributed by atoms with van der Waals surface area (Å²) in [5.41, 5.74) is 6.65. The van der Waals surface area contributed by atoms with Crippen molar-refractivity contribution in [2.24, 2.45) is 16.3 Å². The maximum Gasteiger partial charge on any atom is 0.181 e. The number of hydrogen-bond donors (Lipinski definition) is 1. The van der Waals surface area contributed by atoms with Gasteiger partial charge in [-0.15, -0.1) is 0 Å². The predicted octanol–water partition coefficient (Wildman–Crippen LogP) is 1.09. The van der Waals surface area contributed by atoms with E-state index in [-0.39, 0.29) is 11.6 Å². The molecule has 0 aromatic carbocycles. The van der Waals surface area contributed by atoms with E-state index in [9.17, 15) is 0 Å². The topological polar surface area (TPSA) is 47.6 Å². The lowest BCUT2D eigenvalue weighted by atomic mass is 9.88. The number of rotatable bonds is 0. The van der Waals surface area contributed by atoms with Crippen molar-refractivity contribution in [1.82, 2.24) is 0 Å². The van der Waals surface area contributed by atoms with Crippen molar-refractivity contribution in [3.05, 3.63) is 0 Å². The lowest BCUT2D eigenvalue weighted by molar-refractivity contribution is 0.0905. The molecule has 0 amide bonds. The van der Waals surface area contributed by atoms with Gasteiger partial charge in [-0.2, -0.15) is 0 Å². The summed E-state index contributed by atoms with van der Waals surface area (Å²) in [6.45, 7) is 6.31. The van der Waals surface area contributed by atoms with E-state index in [1.165, 1.54) is 0 Å². The fraction of sp³-hybridized carbons (Fsp3) is 0.857. The molecule has 0 saturated carbocycles. The smallest absolute Gasteiger partial charge is 0.181 e. The molecule has 1 unspecified atom stereocenters. The summed E-state index contributed by atoms with van der Waals surface area (Å²) in [6, 6.07) is 0. The van der Waals surface area contributed by atoms with Gasteiger partial charge in [0.05, 0.1) is 5.71 Å². The van der Waals surface area contributed by atoms with Crippen LogP contribution in [0.4, 0.5) is 0 Å². The van der Waals surface area contributed by atoms with Crippen LogP contribution in [0.1, 0.15) is 27.2 Å². The van der Waals surface area contributed by atoms with Gasteiger partial charge in [0, 0.05) is 11.8 Å². The molecule has 0 bridgehead atoms. The van der Waals surface area contributed by atoms with Crippen LogP contribution in [0.15, 0.2) is 5.16 Å². The highest BCUT2D eigenvalue weighted by Crippen LogP contribution is 2.23. The molecule has 1 rings (SSSR count). The number of hydrogen-bond acceptors (Lipinski definition) is 3. The average Bonchev–Trinajstić information content (AvgIpc) is 2.11. The van der Waals surface area contributed by atoms with Crippen LogP contribution in [0.3, 0.4) is 0 Å². The Hall–Kier alpha value is -0.570. The summed E-state index contributed by atoms with van der Waals surface area (Å²) in [6.07, 6.45) is 0.554. The van der Waals surface area contributed by atoms with Gasteiger partial charge >= 0.3 is 0 Å². The quantitative estimate of drug-likeness (QED) is 0.550. The minimum Gasteiger partial charge on any atom is -0.377 e. The summed E-state index contributed by atoms with van der Waals surface area (Å²) >= 11 is 0. The molecule has 3 nitrogen and oxygen atoms in total. The fourth-order valence-electron chi connectivity index (χ4n) is 0.840. The summed E-state index contributed by atoms with van der Waals surface area (Å²) in [5.74, 6) is 0. The predicted molar refractivity (Wildman–Crippen MR) is 40.6 cm³/mol. The van der Waals surface area contributed by atoms with Gasteiger partial charge in [-0.25, -0.2) is 0 Å². The van der Waals surface area contributed by atoms with Crippen molar-refractivity contribution in [3.63, 3.8) is 0 Å². The highest BCUT2D eigenvalue weighted by Gasteiger charge is 2.26. The molecule has 10 heavy (non-hydrogen) atoms. The standard InChI is InChI=1S/C7H14N2O/c1-7(2,3)5-4-6(8)10-9-5/h6H,4,8H2,1-3H3. The second-order valence-corrected chi connectivity index (χ2v) is 3.64. The van der Waals surface area contributed by atoms with Crippen molar-refractivity contribution < 1.29 is 4.84 Å². The minimum absolute atomic E-state index is 0.105. The number of oxime groups is 1. The first-order valence-electron chi connectivity index (χ1n) is 3.49. The zero-order chi connectivity index (χ0) is 7.78. The fourth-order valence-corrected chi connectivity index (χ4v) is 0.840. The largest absolute Gasteiger partial charge is 0.377 e. The normalized spacial score (nSPS) is 26.0. The second kappa shape index (κ2) is 2.23. The molecule has 0 spiro atoms. The molecular weight excluding hydrogens is 128 g/mol. The van der Waals surface area contributed by atoms with Crippen molar-refractivity contribution in [3.8, 4) is 0 Å². The van der Waals surface area contributed by atoms with Gasteiger partial charge in [-0.05, 0) is 0 Å². The van der Waals surface area contributed by atoms with Gasteiger partial charge < -0.3 is 4.84 Å². The van der Waals surface area contributed by atoms with Crippen molar-refractivity contribution in [2.45, 2.75) is 33.4 Å². The molecule has 3 heteroatoms. The number of nitrogens with two attached hydrogens (primary N) is 1. The Morgan fingerprint density at radius 3 is 2.40 bits per heavy atom. The molecule has 1 aliphatic rings. The monoisotopic (exact) mass is 142 g/mol. The highest BCUT2D eigenvalue weighted by atomic mass is 16.7. The van der Waals surface area contributed by atoms with Gasteiger partial charge in [0.15, 0.2) is 6.23 Å². The van der Waals surface area contributed by atoms with Crippen LogP contribution in [0.5, 0.6) is 0 Å². The lowest BCUT2D eigenvalue weighted by Gasteiger charge is -2.15. The van der Waals surface area contributed by atoms with E-state index in [2.05, 4.69) is 25.9 Å². The van der Waals surface area contributed by atoms with E-state index in [1.54, 1.807) is 0 Å². The Labute approximate surface area is 61.2 Å². The maximum atomic E-state index is 5.48. The third-order valence-electron chi connectivity index (χ3n) is 1.56. The zero-order valence-electron chi connectivity index (χ0n) is 6.72. The van der Waals surface area contributed by atoms with Gasteiger partial charge in [-0.3, -0.25) is 5.73 Å². The summed E-state index contributed by atoms with van der Waals surface area (Å²) < 4.78 is 0. The maximum absolute atomic E-state index is 5.48. The molecular formula is C7H14N2O. The van der Waals surface area contributed by atoms with Crippen molar-refractivity contribution in [2.75, 3.05) is 0 Å². The molecule has 58 valence electrons. The molecule has 2 N–H and O–H groups in total. The van der Waals surface area contributed by atoms with Crippen molar-refractivity contribution >= 4 is 5.71 Å². The van der Waals surface area contributed by atoms with Crippen LogP contribution in [0.2, 0.25) is 0 Å². The van der Waals surface area contributed by atoms with E-state index in [0.29, 0.717) is 0 Å². The summed E-state index contributed by atoms with van der Waals surface area (Å²) in [5, 5.41) is 3.88. The van der Waals surface area contributed by atoms with Crippen LogP contribution in [-0.4, -0.2) is 11.9 Å². The Bertz CT molecular complexity index is 157. The van der Waals surface area contributed by atoms with Crippen molar-refractivity contribution in [1.29, 1.82) is 0 Å². The summed E-state index contributed by atoms with van der Waals surface area (Å²) in [4.78, 5) is 4.86. The summed E-state index contributed by atoms with van der Waals surface area (Å²) in [7, 11) is 0. The van der Waals surface area contributed by atoms with E-state index in [4.69, 9.17) is 10.6 Å². The highest BCUT2D eigenvalue weighted by molar-refractivity contribution is 5.89. The van der Waals surface area contributed by atoms with Gasteiger partial charge in [0.25, 0.3) is 0 Å². The zero-order valence-corrected chi connectivity index (χ0v) is 6.72. The van der Waals surface area contributed by atoms with Crippen LogP contribution in [0, 0.1) is 5.41 Å². The van der Waals surface area contributed by atoms with E-state index in [0.717, 1.165) is 12.1 Å². The SMILES string of the molecule is CC(C)(C)C1=NOC(N)C1. The third kappa shape index (κ3) is 1.48. The molecule has 0 aliphatic carbocycles. The molecule has 0 radical (unpaired) electrons. The van der Waals surface area contributed by atoms with Crippen LogP contribution in [0.25, 0.3) is 0 Å². The van der Waals surface area contributed by atoms with Crippen LogP contribution in [-0.2, 0) is 4.84 Å². The first-order valence-corrected chi connectivity index (χ1v) is 3.49. The molecule has 1 atom stereocenters. The third-order valence-corrected chi connectivity index (χ3v) is 1.56.